The summed E-state index contributed by atoms with van der Waals surface area (Å²) in [6.07, 6.45) is 4.40. The van der Waals surface area contributed by atoms with Crippen molar-refractivity contribution in [3.63, 3.8) is 0 Å². The number of nitrogens with two attached hydrogens (primary N) is 1. The number of likely N-dealkylation sites (N-methyl/N-ethyl adjacent to an activating group) is 1. The molecule has 240 valence electrons. The van der Waals surface area contributed by atoms with E-state index in [0.717, 1.165) is 56.6 Å². The van der Waals surface area contributed by atoms with Crippen LogP contribution in [0.25, 0.3) is 5.57 Å². The molecule has 0 radical (unpaired) electrons. The second-order valence-corrected chi connectivity index (χ2v) is 11.9. The maximum atomic E-state index is 12.1. The molecule has 1 atom stereocenters. The number of hydrogen-bond donors (Lipinski definition) is 5. The number of rotatable bonds is 13. The summed E-state index contributed by atoms with van der Waals surface area (Å²) in [5, 5.41) is 29.2. The van der Waals surface area contributed by atoms with Gasteiger partial charge in [-0.15, -0.1) is 0 Å². The summed E-state index contributed by atoms with van der Waals surface area (Å²) >= 11 is 0. The summed E-state index contributed by atoms with van der Waals surface area (Å²) in [6, 6.07) is 23.1. The van der Waals surface area contributed by atoms with E-state index in [1.165, 1.54) is 17.7 Å². The van der Waals surface area contributed by atoms with Gasteiger partial charge in [-0.1, -0.05) is 36.4 Å². The number of anilines is 1. The van der Waals surface area contributed by atoms with Crippen LogP contribution in [0, 0.1) is 10.8 Å². The van der Waals surface area contributed by atoms with Crippen LogP contribution in [0.4, 0.5) is 5.69 Å². The third-order valence-electron chi connectivity index (χ3n) is 8.94. The van der Waals surface area contributed by atoms with Crippen LogP contribution < -0.4 is 20.7 Å². The number of aldehydes is 1. The summed E-state index contributed by atoms with van der Waals surface area (Å²) in [7, 11) is 1.56. The Hall–Kier alpha value is -4.96. The first-order chi connectivity index (χ1) is 22.3. The lowest BCUT2D eigenvalue weighted by Crippen LogP contribution is -2.60. The number of hydrogen-bond acceptors (Lipinski definition) is 8. The lowest BCUT2D eigenvalue weighted by molar-refractivity contribution is -0.127. The molecule has 2 aliphatic heterocycles. The Morgan fingerprint density at radius 3 is 2.33 bits per heavy atom. The monoisotopic (exact) mass is 622 g/mol. The van der Waals surface area contributed by atoms with Crippen molar-refractivity contribution in [3.05, 3.63) is 95.6 Å². The second-order valence-electron chi connectivity index (χ2n) is 11.9. The van der Waals surface area contributed by atoms with E-state index in [2.05, 4.69) is 27.2 Å². The van der Waals surface area contributed by atoms with Crippen LogP contribution in [0.3, 0.4) is 0 Å². The van der Waals surface area contributed by atoms with Crippen molar-refractivity contribution in [2.24, 2.45) is 5.73 Å². The van der Waals surface area contributed by atoms with Crippen molar-refractivity contribution < 1.29 is 19.4 Å². The molecule has 3 aromatic rings. The van der Waals surface area contributed by atoms with Gasteiger partial charge in [0.05, 0.1) is 5.71 Å². The zero-order chi connectivity index (χ0) is 32.6. The number of nitrogens with one attached hydrogen (secondary N) is 3. The summed E-state index contributed by atoms with van der Waals surface area (Å²) in [4.78, 5) is 27.8. The number of piperidine rings is 1. The molecule has 0 bridgehead atoms. The molecule has 0 aliphatic carbocycles. The number of nitrogens with zero attached hydrogens (tertiary/aromatic N) is 2. The van der Waals surface area contributed by atoms with Crippen molar-refractivity contribution in [1.82, 2.24) is 10.2 Å². The van der Waals surface area contributed by atoms with Gasteiger partial charge < -0.3 is 36.0 Å². The molecular formula is C36H42N6O4. The predicted octanol–water partition coefficient (Wildman–Crippen LogP) is 4.32. The van der Waals surface area contributed by atoms with Gasteiger partial charge in [-0.2, -0.15) is 0 Å². The third kappa shape index (κ3) is 7.63. The predicted molar refractivity (Wildman–Crippen MR) is 181 cm³/mol. The van der Waals surface area contributed by atoms with Gasteiger partial charge in [0, 0.05) is 55.8 Å². The molecule has 2 fully saturated rings. The van der Waals surface area contributed by atoms with Gasteiger partial charge in [0.1, 0.15) is 23.6 Å². The van der Waals surface area contributed by atoms with Gasteiger partial charge in [-0.25, -0.2) is 0 Å². The Labute approximate surface area is 269 Å². The van der Waals surface area contributed by atoms with E-state index in [1.54, 1.807) is 25.2 Å². The highest BCUT2D eigenvalue weighted by molar-refractivity contribution is 6.27. The highest BCUT2D eigenvalue weighted by atomic mass is 16.5. The van der Waals surface area contributed by atoms with Crippen LogP contribution in [-0.4, -0.2) is 79.1 Å². The van der Waals surface area contributed by atoms with E-state index >= 15 is 0 Å². The number of likely N-dealkylation sites (tertiary alicyclic amines) is 1. The van der Waals surface area contributed by atoms with Crippen molar-refractivity contribution in [2.45, 2.75) is 43.7 Å². The zero-order valence-electron chi connectivity index (χ0n) is 26.1. The van der Waals surface area contributed by atoms with E-state index in [4.69, 9.17) is 21.3 Å². The van der Waals surface area contributed by atoms with Crippen LogP contribution in [0.5, 0.6) is 11.5 Å². The quantitative estimate of drug-likeness (QED) is 0.108. The minimum atomic E-state index is -0.693. The van der Waals surface area contributed by atoms with Crippen LogP contribution in [0.15, 0.2) is 78.9 Å². The molecule has 2 aliphatic rings. The van der Waals surface area contributed by atoms with Crippen LogP contribution in [0.1, 0.15) is 48.3 Å². The molecule has 10 heteroatoms. The molecule has 1 amide bonds. The molecule has 2 heterocycles. The van der Waals surface area contributed by atoms with Crippen molar-refractivity contribution in [2.75, 3.05) is 38.1 Å². The molecule has 10 nitrogen and oxygen atoms in total. The number of carbonyl (C=O) groups excluding carboxylic acids is 2. The van der Waals surface area contributed by atoms with Crippen molar-refractivity contribution in [1.29, 1.82) is 10.8 Å². The van der Waals surface area contributed by atoms with Gasteiger partial charge in [-0.3, -0.25) is 15.1 Å². The summed E-state index contributed by atoms with van der Waals surface area (Å²) in [5.74, 6) is 0.723. The Bertz CT molecular complexity index is 1570. The number of ether oxygens (including phenoxy) is 1. The number of aromatic hydroxyl groups is 1. The SMILES string of the molecule is CNC(=O)C(CCC=O)Oc1ccc(N2CC(N3CCC(c4ccc(/C(=C/C(=N)c5ccccc5O)C(=N)N)cc4)CC3)C2)cc1. The molecule has 46 heavy (non-hydrogen) atoms. The maximum Gasteiger partial charge on any atom is 0.260 e. The average molecular weight is 623 g/mol. The Kier molecular flexibility index (Phi) is 10.5. The van der Waals surface area contributed by atoms with Crippen LogP contribution in [0.2, 0.25) is 0 Å². The normalized spacial score (nSPS) is 16.7. The highest BCUT2D eigenvalue weighted by Gasteiger charge is 2.34. The van der Waals surface area contributed by atoms with Gasteiger partial charge >= 0.3 is 0 Å². The fourth-order valence-electron chi connectivity index (χ4n) is 6.19. The number of phenolic OH excluding ortho intramolecular Hbond substituents is 1. The average Bonchev–Trinajstić information content (AvgIpc) is 3.05. The highest BCUT2D eigenvalue weighted by Crippen LogP contribution is 2.33. The first-order valence-corrected chi connectivity index (χ1v) is 15.7. The Morgan fingerprint density at radius 2 is 1.72 bits per heavy atom. The first-order valence-electron chi connectivity index (χ1n) is 15.7. The molecular weight excluding hydrogens is 580 g/mol. The Balaban J connectivity index is 1.11. The number of allylic oxidation sites excluding steroid dienone is 1. The lowest BCUT2D eigenvalue weighted by atomic mass is 9.87. The maximum absolute atomic E-state index is 12.1. The van der Waals surface area contributed by atoms with Crippen LogP contribution in [-0.2, 0) is 9.59 Å². The van der Waals surface area contributed by atoms with Gasteiger partial charge in [0.2, 0.25) is 0 Å². The minimum Gasteiger partial charge on any atom is -0.507 e. The van der Waals surface area contributed by atoms with E-state index in [9.17, 15) is 14.7 Å². The van der Waals surface area contributed by atoms with Crippen LogP contribution >= 0.6 is 0 Å². The smallest absolute Gasteiger partial charge is 0.260 e. The second kappa shape index (κ2) is 14.9. The summed E-state index contributed by atoms with van der Waals surface area (Å²) < 4.78 is 5.85. The number of amidine groups is 1. The topological polar surface area (TPSA) is 156 Å². The number of para-hydroxylation sites is 1. The van der Waals surface area contributed by atoms with E-state index in [-0.39, 0.29) is 29.6 Å². The Morgan fingerprint density at radius 1 is 1.04 bits per heavy atom. The fourth-order valence-corrected chi connectivity index (χ4v) is 6.19. The zero-order valence-corrected chi connectivity index (χ0v) is 26.1. The standard InChI is InChI=1S/C36H42N6O4/c1-40-36(45)34(7-4-20-43)46-29-14-12-27(13-15-29)42-22-28(23-42)41-18-16-25(17-19-41)24-8-10-26(11-9-24)31(35(38)39)21-32(37)30-5-2-3-6-33(30)44/h2-3,5-6,8-15,20-21,25,28,34,37,44H,4,7,16-19,22-23H2,1H3,(H3,38,39)(H,40,45)/b31-21-,37-32?. The van der Waals surface area contributed by atoms with E-state index < -0.39 is 6.10 Å². The summed E-state index contributed by atoms with van der Waals surface area (Å²) in [6.45, 7) is 4.01. The van der Waals surface area contributed by atoms with Crippen molar-refractivity contribution >= 4 is 35.0 Å². The number of carbonyl (C=O) groups is 2. The van der Waals surface area contributed by atoms with Gasteiger partial charge in [0.15, 0.2) is 6.10 Å². The van der Waals surface area contributed by atoms with Crippen molar-refractivity contribution in [3.8, 4) is 11.5 Å². The molecule has 1 unspecified atom stereocenters. The number of phenols is 1. The summed E-state index contributed by atoms with van der Waals surface area (Å²) in [5.41, 5.74) is 10.00. The van der Waals surface area contributed by atoms with E-state index in [1.807, 2.05) is 36.4 Å². The first kappa shape index (κ1) is 32.4. The fraction of sp³-hybridized carbons (Fsp3) is 0.333. The third-order valence-corrected chi connectivity index (χ3v) is 8.94. The lowest BCUT2D eigenvalue weighted by Gasteiger charge is -2.48. The number of amides is 1. The number of benzene rings is 3. The van der Waals surface area contributed by atoms with Gasteiger partial charge in [-0.05, 0) is 85.5 Å². The molecule has 6 N–H and O–H groups in total. The largest absolute Gasteiger partial charge is 0.507 e. The molecule has 2 saturated heterocycles. The molecule has 0 saturated carbocycles. The molecule has 0 spiro atoms. The van der Waals surface area contributed by atoms with E-state index in [0.29, 0.717) is 35.3 Å². The molecule has 5 rings (SSSR count). The minimum absolute atomic E-state index is 0.0181. The molecule has 0 aromatic heterocycles. The van der Waals surface area contributed by atoms with Gasteiger partial charge in [0.25, 0.3) is 5.91 Å². The molecule has 3 aromatic carbocycles.